The van der Waals surface area contributed by atoms with Crippen LogP contribution < -0.4 is 10.6 Å². The highest BCUT2D eigenvalue weighted by Crippen LogP contribution is 2.21. The van der Waals surface area contributed by atoms with Gasteiger partial charge in [-0.15, -0.1) is 0 Å². The third-order valence-corrected chi connectivity index (χ3v) is 6.16. The van der Waals surface area contributed by atoms with Gasteiger partial charge in [0.15, 0.2) is 5.82 Å². The van der Waals surface area contributed by atoms with Crippen molar-refractivity contribution in [2.45, 2.75) is 20.4 Å². The maximum absolute atomic E-state index is 14.9. The molecule has 1 aromatic heterocycles. The lowest BCUT2D eigenvalue weighted by atomic mass is 10.1. The number of carbonyl (C=O) groups is 1. The second-order valence-electron chi connectivity index (χ2n) is 7.43. The molecule has 1 aliphatic rings. The smallest absolute Gasteiger partial charge is 0.308 e. The highest BCUT2D eigenvalue weighted by atomic mass is 32.2. The standard InChI is InChI=1S/C20H26FN5O3S/c1-14-11-17(12-15(2)22-14)23-20(27)24-18-6-4-5-16(19(18)21)13-25-7-9-26(10-8-25)30(3,28)29/h4-6,11-12H,7-10,13H2,1-3H3,(H2,22,23,24,27). The Morgan fingerprint density at radius 2 is 1.73 bits per heavy atom. The Hall–Kier alpha value is -2.56. The molecule has 8 nitrogen and oxygen atoms in total. The summed E-state index contributed by atoms with van der Waals surface area (Å²) in [6.07, 6.45) is 1.19. The van der Waals surface area contributed by atoms with Crippen molar-refractivity contribution >= 4 is 27.4 Å². The Balaban J connectivity index is 1.63. The number of nitrogens with one attached hydrogen (secondary N) is 2. The summed E-state index contributed by atoms with van der Waals surface area (Å²) < 4.78 is 39.6. The summed E-state index contributed by atoms with van der Waals surface area (Å²) in [5.41, 5.74) is 2.65. The Morgan fingerprint density at radius 3 is 2.33 bits per heavy atom. The van der Waals surface area contributed by atoms with Gasteiger partial charge in [-0.2, -0.15) is 4.31 Å². The number of carbonyl (C=O) groups excluding carboxylic acids is 1. The minimum atomic E-state index is -3.21. The van der Waals surface area contributed by atoms with Crippen molar-refractivity contribution in [2.75, 3.05) is 43.1 Å². The van der Waals surface area contributed by atoms with Crippen molar-refractivity contribution in [3.8, 4) is 0 Å². The van der Waals surface area contributed by atoms with Crippen LogP contribution in [-0.2, 0) is 16.6 Å². The summed E-state index contributed by atoms with van der Waals surface area (Å²) in [5.74, 6) is -0.500. The molecule has 1 aliphatic heterocycles. The first-order valence-corrected chi connectivity index (χ1v) is 11.4. The molecule has 10 heteroatoms. The van der Waals surface area contributed by atoms with E-state index in [1.807, 2.05) is 18.7 Å². The normalized spacial score (nSPS) is 15.7. The monoisotopic (exact) mass is 435 g/mol. The van der Waals surface area contributed by atoms with Crippen LogP contribution in [0.1, 0.15) is 17.0 Å². The zero-order chi connectivity index (χ0) is 21.9. The molecule has 162 valence electrons. The van der Waals surface area contributed by atoms with Gasteiger partial charge in [0.2, 0.25) is 10.0 Å². The van der Waals surface area contributed by atoms with E-state index in [4.69, 9.17) is 0 Å². The van der Waals surface area contributed by atoms with Crippen molar-refractivity contribution in [3.63, 3.8) is 0 Å². The molecule has 2 aromatic rings. The van der Waals surface area contributed by atoms with Gasteiger partial charge in [0, 0.05) is 55.4 Å². The molecule has 0 aliphatic carbocycles. The number of aromatic nitrogens is 1. The van der Waals surface area contributed by atoms with Crippen LogP contribution in [0.5, 0.6) is 0 Å². The predicted molar refractivity (Wildman–Crippen MR) is 114 cm³/mol. The topological polar surface area (TPSA) is 94.6 Å². The summed E-state index contributed by atoms with van der Waals surface area (Å²) >= 11 is 0. The van der Waals surface area contributed by atoms with Gasteiger partial charge < -0.3 is 10.6 Å². The quantitative estimate of drug-likeness (QED) is 0.753. The lowest BCUT2D eigenvalue weighted by Gasteiger charge is -2.33. The molecule has 2 amide bonds. The minimum absolute atomic E-state index is 0.0854. The first-order valence-electron chi connectivity index (χ1n) is 9.60. The summed E-state index contributed by atoms with van der Waals surface area (Å²) in [7, 11) is -3.21. The van der Waals surface area contributed by atoms with Gasteiger partial charge in [0.25, 0.3) is 0 Å². The number of rotatable bonds is 5. The SMILES string of the molecule is Cc1cc(NC(=O)Nc2cccc(CN3CCN(S(C)(=O)=O)CC3)c2F)cc(C)n1. The number of halogens is 1. The molecular weight excluding hydrogens is 409 g/mol. The van der Waals surface area contributed by atoms with Gasteiger partial charge in [-0.25, -0.2) is 17.6 Å². The van der Waals surface area contributed by atoms with Crippen molar-refractivity contribution in [1.29, 1.82) is 0 Å². The second kappa shape index (κ2) is 9.07. The number of urea groups is 1. The van der Waals surface area contributed by atoms with Gasteiger partial charge >= 0.3 is 6.03 Å². The summed E-state index contributed by atoms with van der Waals surface area (Å²) in [4.78, 5) is 18.6. The zero-order valence-electron chi connectivity index (χ0n) is 17.3. The summed E-state index contributed by atoms with van der Waals surface area (Å²) in [6, 6.07) is 7.77. The first kappa shape index (κ1) is 22.1. The van der Waals surface area contributed by atoms with Crippen LogP contribution in [0.4, 0.5) is 20.6 Å². The Bertz CT molecular complexity index is 1020. The van der Waals surface area contributed by atoms with E-state index in [0.717, 1.165) is 11.4 Å². The molecule has 0 saturated carbocycles. The van der Waals surface area contributed by atoms with Gasteiger partial charge in [-0.05, 0) is 32.0 Å². The zero-order valence-corrected chi connectivity index (χ0v) is 18.1. The molecule has 0 bridgehead atoms. The Labute approximate surface area is 176 Å². The summed E-state index contributed by atoms with van der Waals surface area (Å²) in [5, 5.41) is 5.24. The molecular formula is C20H26FN5O3S. The van der Waals surface area contributed by atoms with Crippen molar-refractivity contribution in [2.24, 2.45) is 0 Å². The fourth-order valence-electron chi connectivity index (χ4n) is 3.45. The Kier molecular flexibility index (Phi) is 6.69. The average Bonchev–Trinajstić information content (AvgIpc) is 2.64. The highest BCUT2D eigenvalue weighted by molar-refractivity contribution is 7.88. The number of aryl methyl sites for hydroxylation is 2. The van der Waals surface area contributed by atoms with Crippen molar-refractivity contribution in [3.05, 3.63) is 53.1 Å². The fraction of sp³-hybridized carbons (Fsp3) is 0.400. The van der Waals surface area contributed by atoms with Crippen LogP contribution in [-0.4, -0.2) is 61.1 Å². The van der Waals surface area contributed by atoms with Gasteiger partial charge in [0.1, 0.15) is 0 Å². The fourth-order valence-corrected chi connectivity index (χ4v) is 4.28. The molecule has 30 heavy (non-hydrogen) atoms. The van der Waals surface area contributed by atoms with Crippen LogP contribution in [0.25, 0.3) is 0 Å². The van der Waals surface area contributed by atoms with E-state index < -0.39 is 21.9 Å². The number of hydrogen-bond acceptors (Lipinski definition) is 5. The van der Waals surface area contributed by atoms with Crippen LogP contribution in [0.15, 0.2) is 30.3 Å². The van der Waals surface area contributed by atoms with E-state index in [9.17, 15) is 17.6 Å². The van der Waals surface area contributed by atoms with Crippen LogP contribution in [0.3, 0.4) is 0 Å². The number of piperazine rings is 1. The molecule has 3 rings (SSSR count). The highest BCUT2D eigenvalue weighted by Gasteiger charge is 2.24. The van der Waals surface area contributed by atoms with Gasteiger partial charge in [-0.3, -0.25) is 9.88 Å². The van der Waals surface area contributed by atoms with E-state index in [0.29, 0.717) is 44.0 Å². The second-order valence-corrected chi connectivity index (χ2v) is 9.42. The molecule has 0 spiro atoms. The number of anilines is 2. The molecule has 1 fully saturated rings. The number of amides is 2. The third-order valence-electron chi connectivity index (χ3n) is 4.86. The first-order chi connectivity index (χ1) is 14.1. The van der Waals surface area contributed by atoms with Crippen LogP contribution in [0.2, 0.25) is 0 Å². The van der Waals surface area contributed by atoms with Crippen molar-refractivity contribution < 1.29 is 17.6 Å². The van der Waals surface area contributed by atoms with E-state index >= 15 is 0 Å². The number of hydrogen-bond donors (Lipinski definition) is 2. The van der Waals surface area contributed by atoms with E-state index in [-0.39, 0.29) is 5.69 Å². The molecule has 0 atom stereocenters. The maximum atomic E-state index is 14.9. The van der Waals surface area contributed by atoms with Crippen LogP contribution >= 0.6 is 0 Å². The molecule has 1 saturated heterocycles. The van der Waals surface area contributed by atoms with E-state index in [2.05, 4.69) is 15.6 Å². The predicted octanol–water partition coefficient (Wildman–Crippen LogP) is 2.56. The molecule has 2 heterocycles. The molecule has 0 radical (unpaired) electrons. The van der Waals surface area contributed by atoms with Gasteiger partial charge in [0.05, 0.1) is 11.9 Å². The lowest BCUT2D eigenvalue weighted by Crippen LogP contribution is -2.47. The number of pyridine rings is 1. The number of nitrogens with zero attached hydrogens (tertiary/aromatic N) is 3. The van der Waals surface area contributed by atoms with Crippen LogP contribution in [0, 0.1) is 19.7 Å². The third kappa shape index (κ3) is 5.74. The molecule has 2 N–H and O–H groups in total. The maximum Gasteiger partial charge on any atom is 0.323 e. The minimum Gasteiger partial charge on any atom is -0.308 e. The van der Waals surface area contributed by atoms with E-state index in [1.54, 1.807) is 24.3 Å². The molecule has 1 aromatic carbocycles. The van der Waals surface area contributed by atoms with Gasteiger partial charge in [-0.1, -0.05) is 12.1 Å². The number of sulfonamides is 1. The summed E-state index contributed by atoms with van der Waals surface area (Å²) in [6.45, 7) is 5.79. The molecule has 0 unspecified atom stereocenters. The van der Waals surface area contributed by atoms with E-state index in [1.165, 1.54) is 16.6 Å². The number of benzene rings is 1. The Morgan fingerprint density at radius 1 is 1.10 bits per heavy atom. The largest absolute Gasteiger partial charge is 0.323 e. The average molecular weight is 436 g/mol. The van der Waals surface area contributed by atoms with Crippen molar-refractivity contribution in [1.82, 2.24) is 14.2 Å². The lowest BCUT2D eigenvalue weighted by molar-refractivity contribution is 0.180.